The summed E-state index contributed by atoms with van der Waals surface area (Å²) < 4.78 is 0. The normalized spacial score (nSPS) is 9.87. The molecular weight excluding hydrogens is 188 g/mol. The number of hydrogen-bond acceptors (Lipinski definition) is 3. The maximum atomic E-state index is 8.96. The molecule has 0 atom stereocenters. The standard InChI is InChI=1S/C11H12N4/c1-3-9-4-5-11(10(6-9)7-12)15(2)14-8-13/h3-6,8H,1H2,2H3,(H2,13,14). The molecule has 1 aromatic carbocycles. The van der Waals surface area contributed by atoms with Crippen LogP contribution in [0.2, 0.25) is 0 Å². The summed E-state index contributed by atoms with van der Waals surface area (Å²) in [6.07, 6.45) is 2.87. The molecule has 0 fully saturated rings. The summed E-state index contributed by atoms with van der Waals surface area (Å²) in [6.45, 7) is 3.64. The van der Waals surface area contributed by atoms with E-state index in [1.54, 1.807) is 24.2 Å². The van der Waals surface area contributed by atoms with Crippen LogP contribution in [0, 0.1) is 11.3 Å². The van der Waals surface area contributed by atoms with Crippen LogP contribution in [-0.2, 0) is 0 Å². The van der Waals surface area contributed by atoms with Gasteiger partial charge in [0, 0.05) is 7.05 Å². The van der Waals surface area contributed by atoms with Crippen LogP contribution in [0.15, 0.2) is 29.9 Å². The molecule has 15 heavy (non-hydrogen) atoms. The highest BCUT2D eigenvalue weighted by atomic mass is 15.4. The van der Waals surface area contributed by atoms with Crippen LogP contribution in [0.4, 0.5) is 5.69 Å². The molecule has 0 saturated carbocycles. The molecule has 0 amide bonds. The van der Waals surface area contributed by atoms with Crippen molar-refractivity contribution in [2.75, 3.05) is 12.1 Å². The first-order valence-electron chi connectivity index (χ1n) is 4.37. The van der Waals surface area contributed by atoms with Crippen LogP contribution in [0.5, 0.6) is 0 Å². The van der Waals surface area contributed by atoms with E-state index in [0.717, 1.165) is 5.56 Å². The Hall–Kier alpha value is -2.28. The molecule has 0 bridgehead atoms. The third-order valence-corrected chi connectivity index (χ3v) is 1.97. The molecule has 0 heterocycles. The van der Waals surface area contributed by atoms with Gasteiger partial charge in [-0.1, -0.05) is 18.7 Å². The fourth-order valence-corrected chi connectivity index (χ4v) is 1.21. The van der Waals surface area contributed by atoms with Gasteiger partial charge in [-0.05, 0) is 17.7 Å². The minimum atomic E-state index is 0.542. The fourth-order valence-electron chi connectivity index (χ4n) is 1.21. The lowest BCUT2D eigenvalue weighted by molar-refractivity contribution is 1.02. The molecule has 76 valence electrons. The third-order valence-electron chi connectivity index (χ3n) is 1.97. The topological polar surface area (TPSA) is 65.4 Å². The number of nitrogens with two attached hydrogens (primary N) is 1. The van der Waals surface area contributed by atoms with Crippen LogP contribution in [-0.4, -0.2) is 13.4 Å². The summed E-state index contributed by atoms with van der Waals surface area (Å²) in [5.41, 5.74) is 7.34. The molecule has 1 aromatic rings. The van der Waals surface area contributed by atoms with Crippen LogP contribution in [0.3, 0.4) is 0 Å². The Morgan fingerprint density at radius 1 is 1.60 bits per heavy atom. The van der Waals surface area contributed by atoms with Crippen molar-refractivity contribution in [2.45, 2.75) is 0 Å². The zero-order chi connectivity index (χ0) is 11.3. The zero-order valence-electron chi connectivity index (χ0n) is 8.51. The van der Waals surface area contributed by atoms with Crippen molar-refractivity contribution in [2.24, 2.45) is 10.8 Å². The third kappa shape index (κ3) is 2.35. The predicted octanol–water partition coefficient (Wildman–Crippen LogP) is 1.54. The molecule has 1 rings (SSSR count). The first-order chi connectivity index (χ1) is 7.22. The average molecular weight is 200 g/mol. The molecule has 4 heteroatoms. The Labute approximate surface area is 88.9 Å². The fraction of sp³-hybridized carbons (Fsp3) is 0.0909. The molecule has 0 radical (unpaired) electrons. The molecule has 2 N–H and O–H groups in total. The quantitative estimate of drug-likeness (QED) is 0.457. The lowest BCUT2D eigenvalue weighted by Crippen LogP contribution is -2.12. The molecule has 4 nitrogen and oxygen atoms in total. The summed E-state index contributed by atoms with van der Waals surface area (Å²) in [5, 5.41) is 14.4. The van der Waals surface area contributed by atoms with Gasteiger partial charge >= 0.3 is 0 Å². The second-order valence-corrected chi connectivity index (χ2v) is 2.88. The average Bonchev–Trinajstić information content (AvgIpc) is 2.28. The van der Waals surface area contributed by atoms with E-state index in [2.05, 4.69) is 17.7 Å². The molecule has 0 saturated heterocycles. The van der Waals surface area contributed by atoms with Crippen molar-refractivity contribution in [1.82, 2.24) is 0 Å². The summed E-state index contributed by atoms with van der Waals surface area (Å²) in [4.78, 5) is 0. The number of nitriles is 1. The Bertz CT molecular complexity index is 429. The predicted molar refractivity (Wildman–Crippen MR) is 62.3 cm³/mol. The number of nitrogens with zero attached hydrogens (tertiary/aromatic N) is 3. The van der Waals surface area contributed by atoms with Crippen LogP contribution in [0.25, 0.3) is 6.08 Å². The van der Waals surface area contributed by atoms with Gasteiger partial charge in [-0.25, -0.2) is 0 Å². The number of anilines is 1. The monoisotopic (exact) mass is 200 g/mol. The minimum absolute atomic E-state index is 0.542. The van der Waals surface area contributed by atoms with E-state index in [1.807, 2.05) is 12.1 Å². The van der Waals surface area contributed by atoms with E-state index >= 15 is 0 Å². The van der Waals surface area contributed by atoms with Gasteiger partial charge in [-0.3, -0.25) is 5.01 Å². The molecule has 0 aliphatic rings. The van der Waals surface area contributed by atoms with Crippen molar-refractivity contribution in [3.8, 4) is 6.07 Å². The first kappa shape index (κ1) is 10.8. The summed E-state index contributed by atoms with van der Waals surface area (Å²) in [7, 11) is 1.73. The smallest absolute Gasteiger partial charge is 0.106 e. The minimum Gasteiger partial charge on any atom is -0.388 e. The first-order valence-corrected chi connectivity index (χ1v) is 4.37. The van der Waals surface area contributed by atoms with E-state index in [1.165, 1.54) is 6.34 Å². The van der Waals surface area contributed by atoms with Crippen LogP contribution < -0.4 is 10.7 Å². The van der Waals surface area contributed by atoms with Crippen LogP contribution >= 0.6 is 0 Å². The SMILES string of the molecule is C=Cc1ccc(N(C)/N=C\N)c(C#N)c1. The van der Waals surface area contributed by atoms with Crippen LogP contribution in [0.1, 0.15) is 11.1 Å². The van der Waals surface area contributed by atoms with Gasteiger partial charge in [-0.15, -0.1) is 0 Å². The van der Waals surface area contributed by atoms with Gasteiger partial charge in [-0.2, -0.15) is 10.4 Å². The Kier molecular flexibility index (Phi) is 3.47. The molecule has 0 aliphatic carbocycles. The Morgan fingerprint density at radius 2 is 2.33 bits per heavy atom. The van der Waals surface area contributed by atoms with E-state index in [-0.39, 0.29) is 0 Å². The highest BCUT2D eigenvalue weighted by Gasteiger charge is 2.05. The lowest BCUT2D eigenvalue weighted by Gasteiger charge is -2.14. The largest absolute Gasteiger partial charge is 0.388 e. The molecular formula is C11H12N4. The zero-order valence-corrected chi connectivity index (χ0v) is 8.51. The highest BCUT2D eigenvalue weighted by Crippen LogP contribution is 2.20. The van der Waals surface area contributed by atoms with Crippen molar-refractivity contribution < 1.29 is 0 Å². The van der Waals surface area contributed by atoms with E-state index in [0.29, 0.717) is 11.3 Å². The van der Waals surface area contributed by atoms with Crippen molar-refractivity contribution in [3.63, 3.8) is 0 Å². The second-order valence-electron chi connectivity index (χ2n) is 2.88. The van der Waals surface area contributed by atoms with Crippen molar-refractivity contribution in [3.05, 3.63) is 35.9 Å². The second kappa shape index (κ2) is 4.82. The van der Waals surface area contributed by atoms with Gasteiger partial charge in [0.2, 0.25) is 0 Å². The number of hydrogen-bond donors (Lipinski definition) is 1. The molecule has 0 aromatic heterocycles. The van der Waals surface area contributed by atoms with Gasteiger partial charge in [0.05, 0.1) is 11.3 Å². The van der Waals surface area contributed by atoms with Gasteiger partial charge in [0.15, 0.2) is 0 Å². The summed E-state index contributed by atoms with van der Waals surface area (Å²) in [5.74, 6) is 0. The molecule has 0 spiro atoms. The lowest BCUT2D eigenvalue weighted by atomic mass is 10.1. The van der Waals surface area contributed by atoms with E-state index < -0.39 is 0 Å². The highest BCUT2D eigenvalue weighted by molar-refractivity contribution is 5.65. The Morgan fingerprint density at radius 3 is 2.87 bits per heavy atom. The van der Waals surface area contributed by atoms with Crippen molar-refractivity contribution >= 4 is 18.1 Å². The number of benzene rings is 1. The number of hydrazone groups is 1. The van der Waals surface area contributed by atoms with Gasteiger partial charge in [0.25, 0.3) is 0 Å². The molecule has 0 unspecified atom stereocenters. The van der Waals surface area contributed by atoms with Gasteiger partial charge in [0.1, 0.15) is 12.4 Å². The van der Waals surface area contributed by atoms with E-state index in [4.69, 9.17) is 11.0 Å². The van der Waals surface area contributed by atoms with E-state index in [9.17, 15) is 0 Å². The Balaban J connectivity index is 3.19. The maximum Gasteiger partial charge on any atom is 0.106 e. The summed E-state index contributed by atoms with van der Waals surface area (Å²) >= 11 is 0. The summed E-state index contributed by atoms with van der Waals surface area (Å²) in [6, 6.07) is 7.54. The maximum absolute atomic E-state index is 8.96. The number of rotatable bonds is 3. The van der Waals surface area contributed by atoms with Gasteiger partial charge < -0.3 is 5.73 Å². The van der Waals surface area contributed by atoms with Crippen molar-refractivity contribution in [1.29, 1.82) is 5.26 Å². The molecule has 0 aliphatic heterocycles.